The van der Waals surface area contributed by atoms with E-state index in [0.717, 1.165) is 19.3 Å². The first-order valence-corrected chi connectivity index (χ1v) is 9.48. The number of unbranched alkanes of at least 4 members (excludes halogenated alkanes) is 1. The molecule has 5 nitrogen and oxygen atoms in total. The first-order chi connectivity index (χ1) is 13.0. The molecule has 0 aliphatic carbocycles. The number of hydrogen-bond donors (Lipinski definition) is 2. The Morgan fingerprint density at radius 2 is 1.67 bits per heavy atom. The quantitative estimate of drug-likeness (QED) is 0.652. The van der Waals surface area contributed by atoms with Crippen LogP contribution in [-0.2, 0) is 11.2 Å². The van der Waals surface area contributed by atoms with Gasteiger partial charge in [-0.25, -0.2) is 0 Å². The summed E-state index contributed by atoms with van der Waals surface area (Å²) in [7, 11) is 0. The smallest absolute Gasteiger partial charge is 0.265 e. The van der Waals surface area contributed by atoms with Crippen molar-refractivity contribution in [3.05, 3.63) is 59.7 Å². The highest BCUT2D eigenvalue weighted by Gasteiger charge is 2.15. The normalized spacial score (nSPS) is 11.5. The van der Waals surface area contributed by atoms with Crippen molar-refractivity contribution in [1.29, 1.82) is 0 Å². The second kappa shape index (κ2) is 10.4. The summed E-state index contributed by atoms with van der Waals surface area (Å²) < 4.78 is 5.69. The van der Waals surface area contributed by atoms with Crippen molar-refractivity contribution in [2.45, 2.75) is 46.1 Å². The van der Waals surface area contributed by atoms with E-state index in [-0.39, 0.29) is 11.8 Å². The third-order valence-electron chi connectivity index (χ3n) is 4.24. The van der Waals surface area contributed by atoms with E-state index in [1.807, 2.05) is 24.3 Å². The first-order valence-electron chi connectivity index (χ1n) is 9.48. The Morgan fingerprint density at radius 3 is 2.26 bits per heavy atom. The average Bonchev–Trinajstić information content (AvgIpc) is 2.69. The van der Waals surface area contributed by atoms with Crippen LogP contribution in [0.15, 0.2) is 48.5 Å². The molecule has 5 heteroatoms. The van der Waals surface area contributed by atoms with Gasteiger partial charge in [0, 0.05) is 17.8 Å². The van der Waals surface area contributed by atoms with Gasteiger partial charge in [0.2, 0.25) is 0 Å². The van der Waals surface area contributed by atoms with Gasteiger partial charge in [-0.05, 0) is 61.7 Å². The predicted octanol–water partition coefficient (Wildman–Crippen LogP) is 4.18. The van der Waals surface area contributed by atoms with Crippen molar-refractivity contribution in [3.8, 4) is 5.75 Å². The van der Waals surface area contributed by atoms with Gasteiger partial charge in [-0.1, -0.05) is 32.4 Å². The Kier molecular flexibility index (Phi) is 7.86. The minimum absolute atomic E-state index is 0.103. The molecule has 0 saturated heterocycles. The van der Waals surface area contributed by atoms with Gasteiger partial charge in [0.1, 0.15) is 5.75 Å². The molecule has 1 atom stereocenters. The van der Waals surface area contributed by atoms with Crippen LogP contribution in [0.2, 0.25) is 0 Å². The van der Waals surface area contributed by atoms with E-state index in [2.05, 4.69) is 24.5 Å². The lowest BCUT2D eigenvalue weighted by Crippen LogP contribution is -2.30. The highest BCUT2D eigenvalue weighted by atomic mass is 16.5. The fourth-order valence-corrected chi connectivity index (χ4v) is 2.49. The van der Waals surface area contributed by atoms with Crippen molar-refractivity contribution >= 4 is 17.5 Å². The fourth-order valence-electron chi connectivity index (χ4n) is 2.49. The summed E-state index contributed by atoms with van der Waals surface area (Å²) in [5, 5.41) is 5.67. The fraction of sp³-hybridized carbons (Fsp3) is 0.364. The number of hydrogen-bond acceptors (Lipinski definition) is 3. The zero-order chi connectivity index (χ0) is 19.6. The van der Waals surface area contributed by atoms with Gasteiger partial charge in [-0.3, -0.25) is 9.59 Å². The summed E-state index contributed by atoms with van der Waals surface area (Å²) in [5.74, 6) is 0.317. The zero-order valence-electron chi connectivity index (χ0n) is 16.2. The van der Waals surface area contributed by atoms with Gasteiger partial charge in [0.15, 0.2) is 6.10 Å². The Labute approximate surface area is 161 Å². The molecule has 0 bridgehead atoms. The molecule has 0 aliphatic rings. The summed E-state index contributed by atoms with van der Waals surface area (Å²) in [5.41, 5.74) is 2.42. The molecule has 27 heavy (non-hydrogen) atoms. The SMILES string of the molecule is CCCCNC(=O)c1ccc(NC(=O)C(C)Oc2ccc(CC)cc2)cc1. The van der Waals surface area contributed by atoms with Crippen LogP contribution < -0.4 is 15.4 Å². The van der Waals surface area contributed by atoms with Crippen molar-refractivity contribution in [2.75, 3.05) is 11.9 Å². The number of rotatable bonds is 9. The number of amides is 2. The monoisotopic (exact) mass is 368 g/mol. The molecular weight excluding hydrogens is 340 g/mol. The van der Waals surface area contributed by atoms with Crippen LogP contribution >= 0.6 is 0 Å². The topological polar surface area (TPSA) is 67.4 Å². The van der Waals surface area contributed by atoms with Crippen LogP contribution in [0, 0.1) is 0 Å². The molecular formula is C22H28N2O3. The van der Waals surface area contributed by atoms with E-state index in [1.165, 1.54) is 5.56 Å². The van der Waals surface area contributed by atoms with Crippen molar-refractivity contribution in [3.63, 3.8) is 0 Å². The molecule has 1 unspecified atom stereocenters. The molecule has 2 amide bonds. The minimum atomic E-state index is -0.630. The van der Waals surface area contributed by atoms with Crippen LogP contribution in [0.4, 0.5) is 5.69 Å². The van der Waals surface area contributed by atoms with Gasteiger partial charge < -0.3 is 15.4 Å². The molecule has 0 radical (unpaired) electrons. The van der Waals surface area contributed by atoms with E-state index in [9.17, 15) is 9.59 Å². The van der Waals surface area contributed by atoms with Gasteiger partial charge in [-0.15, -0.1) is 0 Å². The zero-order valence-corrected chi connectivity index (χ0v) is 16.2. The standard InChI is InChI=1S/C22H28N2O3/c1-4-6-15-23-22(26)18-9-11-19(12-10-18)24-21(25)16(3)27-20-13-7-17(5-2)8-14-20/h7-14,16H,4-6,15H2,1-3H3,(H,23,26)(H,24,25). The Bertz CT molecular complexity index is 739. The third kappa shape index (κ3) is 6.44. The van der Waals surface area contributed by atoms with Crippen LogP contribution in [0.3, 0.4) is 0 Å². The summed E-state index contributed by atoms with van der Waals surface area (Å²) >= 11 is 0. The molecule has 0 fully saturated rings. The van der Waals surface area contributed by atoms with Crippen LogP contribution in [0.1, 0.15) is 49.5 Å². The summed E-state index contributed by atoms with van der Waals surface area (Å²) in [6, 6.07) is 14.6. The van der Waals surface area contributed by atoms with Gasteiger partial charge in [0.25, 0.3) is 11.8 Å². The Hall–Kier alpha value is -2.82. The largest absolute Gasteiger partial charge is 0.481 e. The van der Waals surface area contributed by atoms with Crippen LogP contribution in [0.25, 0.3) is 0 Å². The van der Waals surface area contributed by atoms with Gasteiger partial charge >= 0.3 is 0 Å². The first kappa shape index (κ1) is 20.5. The second-order valence-electron chi connectivity index (χ2n) is 6.43. The third-order valence-corrected chi connectivity index (χ3v) is 4.24. The maximum Gasteiger partial charge on any atom is 0.265 e. The molecule has 2 aromatic rings. The minimum Gasteiger partial charge on any atom is -0.481 e. The lowest BCUT2D eigenvalue weighted by atomic mass is 10.2. The maximum absolute atomic E-state index is 12.3. The Balaban J connectivity index is 1.87. The number of ether oxygens (including phenoxy) is 1. The molecule has 2 rings (SSSR count). The predicted molar refractivity (Wildman–Crippen MR) is 108 cm³/mol. The van der Waals surface area contributed by atoms with E-state index in [0.29, 0.717) is 23.5 Å². The summed E-state index contributed by atoms with van der Waals surface area (Å²) in [6.07, 6.45) is 2.32. The molecule has 2 aromatic carbocycles. The molecule has 0 aromatic heterocycles. The van der Waals surface area contributed by atoms with Crippen molar-refractivity contribution in [1.82, 2.24) is 5.32 Å². The highest BCUT2D eigenvalue weighted by Crippen LogP contribution is 2.16. The number of carbonyl (C=O) groups excluding carboxylic acids is 2. The number of anilines is 1. The van der Waals surface area contributed by atoms with E-state index < -0.39 is 6.10 Å². The highest BCUT2D eigenvalue weighted by molar-refractivity contribution is 5.96. The number of aryl methyl sites for hydroxylation is 1. The molecule has 144 valence electrons. The lowest BCUT2D eigenvalue weighted by Gasteiger charge is -2.15. The summed E-state index contributed by atoms with van der Waals surface area (Å²) in [6.45, 7) is 6.54. The van der Waals surface area contributed by atoms with Crippen molar-refractivity contribution < 1.29 is 14.3 Å². The average molecular weight is 368 g/mol. The van der Waals surface area contributed by atoms with Crippen molar-refractivity contribution in [2.24, 2.45) is 0 Å². The second-order valence-corrected chi connectivity index (χ2v) is 6.43. The van der Waals surface area contributed by atoms with E-state index >= 15 is 0 Å². The molecule has 2 N–H and O–H groups in total. The molecule has 0 saturated carbocycles. The van der Waals surface area contributed by atoms with E-state index in [1.54, 1.807) is 31.2 Å². The van der Waals surface area contributed by atoms with Gasteiger partial charge in [0.05, 0.1) is 0 Å². The number of nitrogens with one attached hydrogen (secondary N) is 2. The Morgan fingerprint density at radius 1 is 1.00 bits per heavy atom. The van der Waals surface area contributed by atoms with Crippen LogP contribution in [0.5, 0.6) is 5.75 Å². The molecule has 0 aliphatic heterocycles. The van der Waals surface area contributed by atoms with Gasteiger partial charge in [-0.2, -0.15) is 0 Å². The summed E-state index contributed by atoms with van der Waals surface area (Å²) in [4.78, 5) is 24.3. The van der Waals surface area contributed by atoms with Crippen LogP contribution in [-0.4, -0.2) is 24.5 Å². The lowest BCUT2D eigenvalue weighted by molar-refractivity contribution is -0.122. The maximum atomic E-state index is 12.3. The van der Waals surface area contributed by atoms with E-state index in [4.69, 9.17) is 4.74 Å². The number of benzene rings is 2. The molecule has 0 heterocycles. The molecule has 0 spiro atoms. The number of carbonyl (C=O) groups is 2.